The second-order valence-corrected chi connectivity index (χ2v) is 7.75. The SMILES string of the molecule is O=C(CC[C@H]1CCCN(CCCn2cccn2)C1)NCc1ccccc1Cl. The molecule has 146 valence electrons. The molecule has 1 fully saturated rings. The normalized spacial score (nSPS) is 17.7. The molecule has 0 spiro atoms. The smallest absolute Gasteiger partial charge is 0.220 e. The number of nitrogens with zero attached hydrogens (tertiary/aromatic N) is 3. The van der Waals surface area contributed by atoms with E-state index < -0.39 is 0 Å². The predicted octanol–water partition coefficient (Wildman–Crippen LogP) is 3.74. The van der Waals surface area contributed by atoms with E-state index in [0.29, 0.717) is 23.9 Å². The minimum Gasteiger partial charge on any atom is -0.352 e. The van der Waals surface area contributed by atoms with Crippen molar-refractivity contribution in [3.8, 4) is 0 Å². The van der Waals surface area contributed by atoms with E-state index in [9.17, 15) is 4.79 Å². The highest BCUT2D eigenvalue weighted by atomic mass is 35.5. The van der Waals surface area contributed by atoms with Gasteiger partial charge in [-0.05, 0) is 62.4 Å². The van der Waals surface area contributed by atoms with E-state index in [0.717, 1.165) is 38.0 Å². The van der Waals surface area contributed by atoms with Gasteiger partial charge in [0.1, 0.15) is 0 Å². The summed E-state index contributed by atoms with van der Waals surface area (Å²) in [7, 11) is 0. The minimum absolute atomic E-state index is 0.116. The van der Waals surface area contributed by atoms with E-state index in [1.165, 1.54) is 19.4 Å². The molecule has 1 saturated heterocycles. The summed E-state index contributed by atoms with van der Waals surface area (Å²) in [6.45, 7) is 4.86. The lowest BCUT2D eigenvalue weighted by atomic mass is 9.93. The third-order valence-electron chi connectivity index (χ3n) is 5.24. The maximum absolute atomic E-state index is 12.2. The van der Waals surface area contributed by atoms with E-state index >= 15 is 0 Å². The van der Waals surface area contributed by atoms with Gasteiger partial charge in [0, 0.05) is 43.5 Å². The van der Waals surface area contributed by atoms with E-state index in [4.69, 9.17) is 11.6 Å². The molecule has 0 aliphatic carbocycles. The third kappa shape index (κ3) is 6.67. The highest BCUT2D eigenvalue weighted by Gasteiger charge is 2.20. The monoisotopic (exact) mass is 388 g/mol. The number of aryl methyl sites for hydroxylation is 1. The Kier molecular flexibility index (Phi) is 7.72. The van der Waals surface area contributed by atoms with Gasteiger partial charge in [-0.1, -0.05) is 29.8 Å². The van der Waals surface area contributed by atoms with Gasteiger partial charge in [0.2, 0.25) is 5.91 Å². The average molecular weight is 389 g/mol. The molecule has 27 heavy (non-hydrogen) atoms. The number of amides is 1. The maximum Gasteiger partial charge on any atom is 0.220 e. The first-order valence-electron chi connectivity index (χ1n) is 9.90. The lowest BCUT2D eigenvalue weighted by molar-refractivity contribution is -0.121. The summed E-state index contributed by atoms with van der Waals surface area (Å²) in [5, 5.41) is 7.95. The van der Waals surface area contributed by atoms with Gasteiger partial charge in [0.15, 0.2) is 0 Å². The number of carbonyl (C=O) groups excluding carboxylic acids is 1. The van der Waals surface area contributed by atoms with Gasteiger partial charge in [0.25, 0.3) is 0 Å². The van der Waals surface area contributed by atoms with E-state index in [2.05, 4.69) is 15.3 Å². The minimum atomic E-state index is 0.116. The topological polar surface area (TPSA) is 50.2 Å². The first kappa shape index (κ1) is 19.9. The zero-order valence-corrected chi connectivity index (χ0v) is 16.6. The first-order chi connectivity index (χ1) is 13.2. The molecule has 6 heteroatoms. The predicted molar refractivity (Wildman–Crippen MR) is 109 cm³/mol. The Morgan fingerprint density at radius 2 is 2.15 bits per heavy atom. The molecule has 1 N–H and O–H groups in total. The molecule has 1 aliphatic heterocycles. The molecule has 0 saturated carbocycles. The van der Waals surface area contributed by atoms with Crippen LogP contribution in [0.3, 0.4) is 0 Å². The van der Waals surface area contributed by atoms with Crippen molar-refractivity contribution < 1.29 is 4.79 Å². The van der Waals surface area contributed by atoms with Crippen LogP contribution >= 0.6 is 11.6 Å². The number of piperidine rings is 1. The molecule has 1 aromatic heterocycles. The summed E-state index contributed by atoms with van der Waals surface area (Å²) in [5.74, 6) is 0.736. The molecule has 0 bridgehead atoms. The maximum atomic E-state index is 12.2. The van der Waals surface area contributed by atoms with E-state index in [1.807, 2.05) is 47.4 Å². The van der Waals surface area contributed by atoms with Crippen molar-refractivity contribution in [3.63, 3.8) is 0 Å². The number of carbonyl (C=O) groups is 1. The fourth-order valence-corrected chi connectivity index (χ4v) is 3.94. The van der Waals surface area contributed by atoms with Gasteiger partial charge >= 0.3 is 0 Å². The molecule has 2 aromatic rings. The van der Waals surface area contributed by atoms with Gasteiger partial charge in [-0.3, -0.25) is 9.48 Å². The Bertz CT molecular complexity index is 704. The van der Waals surface area contributed by atoms with Gasteiger partial charge in [-0.15, -0.1) is 0 Å². The summed E-state index contributed by atoms with van der Waals surface area (Å²) in [5.41, 5.74) is 0.966. The second kappa shape index (κ2) is 10.5. The molecular formula is C21H29ClN4O. The van der Waals surface area contributed by atoms with Crippen molar-refractivity contribution in [1.29, 1.82) is 0 Å². The van der Waals surface area contributed by atoms with Gasteiger partial charge in [-0.25, -0.2) is 0 Å². The van der Waals surface area contributed by atoms with Crippen LogP contribution in [0.15, 0.2) is 42.7 Å². The highest BCUT2D eigenvalue weighted by molar-refractivity contribution is 6.31. The van der Waals surface area contributed by atoms with Gasteiger partial charge < -0.3 is 10.2 Å². The zero-order chi connectivity index (χ0) is 18.9. The van der Waals surface area contributed by atoms with Crippen LogP contribution in [0.5, 0.6) is 0 Å². The van der Waals surface area contributed by atoms with Crippen LogP contribution in [-0.2, 0) is 17.9 Å². The van der Waals surface area contributed by atoms with Crippen molar-refractivity contribution in [2.75, 3.05) is 19.6 Å². The molecule has 1 amide bonds. The quantitative estimate of drug-likeness (QED) is 0.712. The summed E-state index contributed by atoms with van der Waals surface area (Å²) in [6.07, 6.45) is 8.97. The number of halogens is 1. The van der Waals surface area contributed by atoms with Crippen molar-refractivity contribution in [3.05, 3.63) is 53.3 Å². The number of benzene rings is 1. The molecule has 1 aliphatic rings. The van der Waals surface area contributed by atoms with Gasteiger partial charge in [0.05, 0.1) is 0 Å². The molecule has 1 atom stereocenters. The lowest BCUT2D eigenvalue weighted by Crippen LogP contribution is -2.37. The van der Waals surface area contributed by atoms with Crippen LogP contribution in [0.2, 0.25) is 5.02 Å². The average Bonchev–Trinajstić information content (AvgIpc) is 3.20. The van der Waals surface area contributed by atoms with Crippen molar-refractivity contribution in [1.82, 2.24) is 20.0 Å². The van der Waals surface area contributed by atoms with Crippen molar-refractivity contribution in [2.24, 2.45) is 5.92 Å². The van der Waals surface area contributed by atoms with Crippen LogP contribution in [0.25, 0.3) is 0 Å². The van der Waals surface area contributed by atoms with Crippen LogP contribution in [0.4, 0.5) is 0 Å². The fraction of sp³-hybridized carbons (Fsp3) is 0.524. The highest BCUT2D eigenvalue weighted by Crippen LogP contribution is 2.21. The van der Waals surface area contributed by atoms with Crippen LogP contribution < -0.4 is 5.32 Å². The Morgan fingerprint density at radius 3 is 2.96 bits per heavy atom. The number of nitrogens with one attached hydrogen (secondary N) is 1. The van der Waals surface area contributed by atoms with E-state index in [1.54, 1.807) is 0 Å². The Morgan fingerprint density at radius 1 is 1.26 bits per heavy atom. The van der Waals surface area contributed by atoms with Crippen molar-refractivity contribution in [2.45, 2.75) is 45.2 Å². The fourth-order valence-electron chi connectivity index (χ4n) is 3.74. The van der Waals surface area contributed by atoms with E-state index in [-0.39, 0.29) is 5.91 Å². The molecule has 3 rings (SSSR count). The first-order valence-corrected chi connectivity index (χ1v) is 10.3. The summed E-state index contributed by atoms with van der Waals surface area (Å²) in [6, 6.07) is 9.61. The number of rotatable bonds is 9. The largest absolute Gasteiger partial charge is 0.352 e. The summed E-state index contributed by atoms with van der Waals surface area (Å²) >= 11 is 6.13. The number of aromatic nitrogens is 2. The second-order valence-electron chi connectivity index (χ2n) is 7.34. The molecule has 0 radical (unpaired) electrons. The summed E-state index contributed by atoms with van der Waals surface area (Å²) < 4.78 is 1.99. The number of hydrogen-bond donors (Lipinski definition) is 1. The summed E-state index contributed by atoms with van der Waals surface area (Å²) in [4.78, 5) is 14.7. The third-order valence-corrected chi connectivity index (χ3v) is 5.61. The van der Waals surface area contributed by atoms with Crippen LogP contribution in [0.1, 0.15) is 37.7 Å². The molecule has 0 unspecified atom stereocenters. The van der Waals surface area contributed by atoms with Crippen molar-refractivity contribution >= 4 is 17.5 Å². The Labute approximate surface area is 166 Å². The molecular weight excluding hydrogens is 360 g/mol. The molecule has 2 heterocycles. The Hall–Kier alpha value is -1.85. The van der Waals surface area contributed by atoms with Crippen LogP contribution in [0, 0.1) is 5.92 Å². The molecule has 5 nitrogen and oxygen atoms in total. The number of hydrogen-bond acceptors (Lipinski definition) is 3. The standard InChI is InChI=1S/C21H29ClN4O/c22-20-8-2-1-7-19(20)16-23-21(27)10-9-18-6-3-12-25(17-18)13-5-15-26-14-4-11-24-26/h1-2,4,7-8,11,14,18H,3,5-6,9-10,12-13,15-17H2,(H,23,27)/t18-/m1/s1. The van der Waals surface area contributed by atoms with Crippen LogP contribution in [-0.4, -0.2) is 40.2 Å². The number of likely N-dealkylation sites (tertiary alicyclic amines) is 1. The molecule has 1 aromatic carbocycles. The Balaban J connectivity index is 1.32. The zero-order valence-electron chi connectivity index (χ0n) is 15.8. The van der Waals surface area contributed by atoms with Gasteiger partial charge in [-0.2, -0.15) is 5.10 Å². The lowest BCUT2D eigenvalue weighted by Gasteiger charge is -2.32.